The smallest absolute Gasteiger partial charge is 0.261 e. The second kappa shape index (κ2) is 9.17. The molecule has 3 aromatic carbocycles. The van der Waals surface area contributed by atoms with Crippen molar-refractivity contribution in [2.75, 3.05) is 0 Å². The van der Waals surface area contributed by atoms with Crippen LogP contribution in [0.15, 0.2) is 72.8 Å². The molecule has 1 aliphatic carbocycles. The van der Waals surface area contributed by atoms with Gasteiger partial charge in [-0.15, -0.1) is 0 Å². The number of nitrogens with one attached hydrogen (secondary N) is 1. The summed E-state index contributed by atoms with van der Waals surface area (Å²) in [6.07, 6.45) is 3.95. The van der Waals surface area contributed by atoms with Crippen LogP contribution < -0.4 is 10.1 Å². The average Bonchev–Trinajstić information content (AvgIpc) is 2.79. The molecule has 2 atom stereocenters. The van der Waals surface area contributed by atoms with Crippen LogP contribution in [-0.4, -0.2) is 12.0 Å². The van der Waals surface area contributed by atoms with Crippen LogP contribution in [0.5, 0.6) is 5.75 Å². The highest BCUT2D eigenvalue weighted by Crippen LogP contribution is 2.30. The first kappa shape index (κ1) is 20.2. The molecule has 0 fully saturated rings. The van der Waals surface area contributed by atoms with E-state index in [1.165, 1.54) is 29.5 Å². The molecule has 0 saturated carbocycles. The Hall–Kier alpha value is -3.07. The van der Waals surface area contributed by atoms with Gasteiger partial charge in [-0.1, -0.05) is 72.3 Å². The summed E-state index contributed by atoms with van der Waals surface area (Å²) in [6.45, 7) is 3.89. The molecule has 3 aromatic rings. The summed E-state index contributed by atoms with van der Waals surface area (Å²) in [7, 11) is 0. The summed E-state index contributed by atoms with van der Waals surface area (Å²) in [5.74, 6) is 0.735. The normalized spacial score (nSPS) is 15.0. The Labute approximate surface area is 179 Å². The second-order valence-corrected chi connectivity index (χ2v) is 8.12. The van der Waals surface area contributed by atoms with Crippen LogP contribution in [0.1, 0.15) is 53.6 Å². The van der Waals surface area contributed by atoms with Gasteiger partial charge in [0, 0.05) is 0 Å². The summed E-state index contributed by atoms with van der Waals surface area (Å²) in [5.41, 5.74) is 5.93. The Morgan fingerprint density at radius 2 is 1.57 bits per heavy atom. The Kier molecular flexibility index (Phi) is 6.18. The minimum Gasteiger partial charge on any atom is -0.481 e. The van der Waals surface area contributed by atoms with Crippen molar-refractivity contribution >= 4 is 5.91 Å². The lowest BCUT2D eigenvalue weighted by Gasteiger charge is -2.25. The highest BCUT2D eigenvalue weighted by atomic mass is 16.5. The van der Waals surface area contributed by atoms with Crippen LogP contribution in [-0.2, 0) is 17.6 Å². The van der Waals surface area contributed by atoms with Crippen LogP contribution >= 0.6 is 0 Å². The van der Waals surface area contributed by atoms with Gasteiger partial charge in [0.25, 0.3) is 5.91 Å². The zero-order valence-corrected chi connectivity index (χ0v) is 17.7. The Morgan fingerprint density at radius 3 is 2.33 bits per heavy atom. The molecule has 0 heterocycles. The first-order valence-corrected chi connectivity index (χ1v) is 10.8. The lowest BCUT2D eigenvalue weighted by molar-refractivity contribution is -0.127. The van der Waals surface area contributed by atoms with Crippen molar-refractivity contribution in [2.45, 2.75) is 51.7 Å². The largest absolute Gasteiger partial charge is 0.481 e. The number of benzene rings is 3. The Morgan fingerprint density at radius 1 is 0.867 bits per heavy atom. The van der Waals surface area contributed by atoms with Gasteiger partial charge in [0.05, 0.1) is 6.04 Å². The number of fused-ring (bicyclic) bond motifs is 1. The molecule has 0 saturated heterocycles. The lowest BCUT2D eigenvalue weighted by atomic mass is 9.91. The van der Waals surface area contributed by atoms with E-state index in [9.17, 15) is 4.79 Å². The van der Waals surface area contributed by atoms with E-state index in [1.54, 1.807) is 0 Å². The summed E-state index contributed by atoms with van der Waals surface area (Å²) in [5, 5.41) is 3.21. The lowest BCUT2D eigenvalue weighted by Crippen LogP contribution is -2.39. The fraction of sp³-hybridized carbons (Fsp3) is 0.296. The second-order valence-electron chi connectivity index (χ2n) is 8.12. The number of amides is 1. The predicted octanol–water partition coefficient (Wildman–Crippen LogP) is 5.55. The minimum absolute atomic E-state index is 0.113. The molecular formula is C27H29NO2. The number of rotatable bonds is 6. The van der Waals surface area contributed by atoms with E-state index in [2.05, 4.69) is 42.6 Å². The van der Waals surface area contributed by atoms with Gasteiger partial charge in [0.2, 0.25) is 0 Å². The Bertz CT molecular complexity index is 995. The SMILES string of the molecule is Cc1ccc([C@H](NC(=O)[C@H](C)Oc2cccc3c2CCCC3)c2ccccc2)cc1. The van der Waals surface area contributed by atoms with Crippen LogP contribution in [0.25, 0.3) is 0 Å². The highest BCUT2D eigenvalue weighted by Gasteiger charge is 2.23. The van der Waals surface area contributed by atoms with E-state index in [-0.39, 0.29) is 11.9 Å². The van der Waals surface area contributed by atoms with Gasteiger partial charge in [-0.3, -0.25) is 4.79 Å². The molecule has 0 bridgehead atoms. The molecule has 1 aliphatic rings. The summed E-state index contributed by atoms with van der Waals surface area (Å²) in [6, 6.07) is 24.4. The molecule has 0 unspecified atom stereocenters. The van der Waals surface area contributed by atoms with Crippen molar-refractivity contribution in [3.8, 4) is 5.75 Å². The zero-order valence-electron chi connectivity index (χ0n) is 17.7. The molecule has 30 heavy (non-hydrogen) atoms. The predicted molar refractivity (Wildman–Crippen MR) is 121 cm³/mol. The van der Waals surface area contributed by atoms with Gasteiger partial charge >= 0.3 is 0 Å². The van der Waals surface area contributed by atoms with E-state index in [0.717, 1.165) is 29.7 Å². The summed E-state index contributed by atoms with van der Waals surface area (Å²) in [4.78, 5) is 13.1. The first-order valence-electron chi connectivity index (χ1n) is 10.8. The number of hydrogen-bond donors (Lipinski definition) is 1. The minimum atomic E-state index is -0.574. The van der Waals surface area contributed by atoms with Crippen molar-refractivity contribution in [1.29, 1.82) is 0 Å². The van der Waals surface area contributed by atoms with Crippen molar-refractivity contribution < 1.29 is 9.53 Å². The van der Waals surface area contributed by atoms with Gasteiger partial charge in [0.1, 0.15) is 5.75 Å². The number of hydrogen-bond acceptors (Lipinski definition) is 2. The third-order valence-electron chi connectivity index (χ3n) is 5.86. The van der Waals surface area contributed by atoms with Gasteiger partial charge in [-0.05, 0) is 67.9 Å². The van der Waals surface area contributed by atoms with Crippen molar-refractivity contribution in [3.05, 3.63) is 101 Å². The molecule has 0 radical (unpaired) electrons. The topological polar surface area (TPSA) is 38.3 Å². The van der Waals surface area contributed by atoms with E-state index in [1.807, 2.05) is 49.4 Å². The number of ether oxygens (including phenoxy) is 1. The number of carbonyl (C=O) groups excluding carboxylic acids is 1. The van der Waals surface area contributed by atoms with E-state index in [0.29, 0.717) is 0 Å². The third-order valence-corrected chi connectivity index (χ3v) is 5.86. The van der Waals surface area contributed by atoms with Crippen LogP contribution in [0.4, 0.5) is 0 Å². The summed E-state index contributed by atoms with van der Waals surface area (Å²) < 4.78 is 6.15. The quantitative estimate of drug-likeness (QED) is 0.590. The maximum atomic E-state index is 13.1. The van der Waals surface area contributed by atoms with Crippen molar-refractivity contribution in [2.24, 2.45) is 0 Å². The maximum absolute atomic E-state index is 13.1. The fourth-order valence-corrected chi connectivity index (χ4v) is 4.12. The monoisotopic (exact) mass is 399 g/mol. The van der Waals surface area contributed by atoms with Crippen molar-refractivity contribution in [1.82, 2.24) is 5.32 Å². The molecule has 3 heteroatoms. The van der Waals surface area contributed by atoms with Crippen LogP contribution in [0.3, 0.4) is 0 Å². The number of carbonyl (C=O) groups is 1. The molecule has 1 amide bonds. The molecule has 3 nitrogen and oxygen atoms in total. The molecule has 4 rings (SSSR count). The first-order chi connectivity index (χ1) is 14.6. The van der Waals surface area contributed by atoms with Crippen LogP contribution in [0, 0.1) is 6.92 Å². The van der Waals surface area contributed by atoms with Gasteiger partial charge in [0.15, 0.2) is 6.10 Å². The molecule has 0 spiro atoms. The standard InChI is InChI=1S/C27H29NO2/c1-19-15-17-23(18-16-19)26(22-10-4-3-5-11-22)28-27(29)20(2)30-25-14-8-12-21-9-6-7-13-24(21)25/h3-5,8,10-12,14-18,20,26H,6-7,9,13H2,1-2H3,(H,28,29)/t20-,26+/m0/s1. The maximum Gasteiger partial charge on any atom is 0.261 e. The molecular weight excluding hydrogens is 370 g/mol. The molecule has 0 aliphatic heterocycles. The number of aryl methyl sites for hydroxylation is 2. The third kappa shape index (κ3) is 4.56. The van der Waals surface area contributed by atoms with Gasteiger partial charge in [-0.25, -0.2) is 0 Å². The fourth-order valence-electron chi connectivity index (χ4n) is 4.12. The van der Waals surface area contributed by atoms with Crippen LogP contribution in [0.2, 0.25) is 0 Å². The van der Waals surface area contributed by atoms with E-state index >= 15 is 0 Å². The highest BCUT2D eigenvalue weighted by molar-refractivity contribution is 5.81. The molecule has 1 N–H and O–H groups in total. The van der Waals surface area contributed by atoms with Gasteiger partial charge < -0.3 is 10.1 Å². The van der Waals surface area contributed by atoms with E-state index < -0.39 is 6.10 Å². The van der Waals surface area contributed by atoms with E-state index in [4.69, 9.17) is 4.74 Å². The average molecular weight is 400 g/mol. The van der Waals surface area contributed by atoms with Gasteiger partial charge in [-0.2, -0.15) is 0 Å². The van der Waals surface area contributed by atoms with Crippen molar-refractivity contribution in [3.63, 3.8) is 0 Å². The zero-order chi connectivity index (χ0) is 20.9. The molecule has 0 aromatic heterocycles. The summed E-state index contributed by atoms with van der Waals surface area (Å²) >= 11 is 0. The molecule has 154 valence electrons. The Balaban J connectivity index is 1.53.